The van der Waals surface area contributed by atoms with Gasteiger partial charge in [0, 0.05) is 29.9 Å². The number of rotatable bonds is 10. The van der Waals surface area contributed by atoms with Crippen LogP contribution < -0.4 is 10.1 Å². The summed E-state index contributed by atoms with van der Waals surface area (Å²) in [6.07, 6.45) is 3.49. The van der Waals surface area contributed by atoms with Crippen LogP contribution in [0.15, 0.2) is 79.0 Å². The largest absolute Gasteiger partial charge is 0.488 e. The average Bonchev–Trinajstić information content (AvgIpc) is 4.12. The molecule has 317 valence electrons. The summed E-state index contributed by atoms with van der Waals surface area (Å²) in [4.78, 5) is 73.0. The molecule has 3 aliphatic rings. The standard InChI is InChI=1S/C47H49BN7O7/c1-25(2)40(53-47(59)61-5)45(57)55-23-26(3)18-37(55)42-49-22-35(51-42)29-13-15-31-30(19-29)24-62-38-21-32-28(20-33(31)38)14-16-34-41(32)52-43(50-34)36-12-9-17-54(36)44(56)39(48-46(58)60-4)27-10-7-6-8-11-27/h6-8,10-11,13-16,19-22,25-26,36-37,39-40H,9,12,17-18,23-24H2,1-5H3,(H,49,51)(H,50,52)(H,53,59)/t26?,36-,37-,39+,40-/m0/s1. The first-order valence-corrected chi connectivity index (χ1v) is 21.2. The number of alkyl carbamates (subject to hydrolysis) is 1. The van der Waals surface area contributed by atoms with Gasteiger partial charge in [-0.2, -0.15) is 0 Å². The van der Waals surface area contributed by atoms with Gasteiger partial charge >= 0.3 is 6.09 Å². The Morgan fingerprint density at radius 2 is 1.73 bits per heavy atom. The van der Waals surface area contributed by atoms with E-state index in [9.17, 15) is 19.2 Å². The molecule has 3 aliphatic heterocycles. The molecule has 0 spiro atoms. The van der Waals surface area contributed by atoms with E-state index in [0.29, 0.717) is 31.3 Å². The van der Waals surface area contributed by atoms with Crippen LogP contribution >= 0.6 is 0 Å². The normalized spacial score (nSPS) is 19.2. The highest BCUT2D eigenvalue weighted by Crippen LogP contribution is 2.44. The maximum atomic E-state index is 14.1. The van der Waals surface area contributed by atoms with Crippen LogP contribution in [0.5, 0.6) is 5.75 Å². The van der Waals surface area contributed by atoms with Crippen LogP contribution in [-0.4, -0.2) is 94.1 Å². The number of H-pyrrole nitrogens is 2. The van der Waals surface area contributed by atoms with E-state index in [4.69, 9.17) is 24.2 Å². The molecule has 2 aromatic heterocycles. The number of carbonyl (C=O) groups excluding carboxylic acids is 4. The molecule has 2 saturated heterocycles. The first-order valence-electron chi connectivity index (χ1n) is 21.2. The van der Waals surface area contributed by atoms with Gasteiger partial charge in [-0.05, 0) is 83.0 Å². The fourth-order valence-corrected chi connectivity index (χ4v) is 9.38. The van der Waals surface area contributed by atoms with E-state index in [2.05, 4.69) is 58.6 Å². The highest BCUT2D eigenvalue weighted by Gasteiger charge is 2.41. The molecule has 1 radical (unpaired) electrons. The summed E-state index contributed by atoms with van der Waals surface area (Å²) >= 11 is 0. The van der Waals surface area contributed by atoms with Crippen molar-refractivity contribution >= 4 is 52.9 Å². The van der Waals surface area contributed by atoms with E-state index in [1.54, 1.807) is 0 Å². The fourth-order valence-electron chi connectivity index (χ4n) is 9.38. The Kier molecular flexibility index (Phi) is 11.0. The number of hydrogen-bond acceptors (Lipinski definition) is 9. The summed E-state index contributed by atoms with van der Waals surface area (Å²) in [5.41, 5.74) is 7.29. The van der Waals surface area contributed by atoms with Gasteiger partial charge in [0.15, 0.2) is 0 Å². The minimum Gasteiger partial charge on any atom is -0.488 e. The molecule has 2 fully saturated rings. The zero-order valence-corrected chi connectivity index (χ0v) is 35.4. The van der Waals surface area contributed by atoms with Crippen molar-refractivity contribution in [1.82, 2.24) is 35.1 Å². The van der Waals surface area contributed by atoms with Crippen molar-refractivity contribution in [3.8, 4) is 28.1 Å². The Labute approximate surface area is 360 Å². The van der Waals surface area contributed by atoms with E-state index >= 15 is 0 Å². The maximum absolute atomic E-state index is 14.1. The predicted molar refractivity (Wildman–Crippen MR) is 234 cm³/mol. The second-order valence-corrected chi connectivity index (χ2v) is 17.0. The molecule has 3 amide bonds. The van der Waals surface area contributed by atoms with Crippen molar-refractivity contribution < 1.29 is 33.4 Å². The fraction of sp³-hybridized carbons (Fsp3) is 0.362. The lowest BCUT2D eigenvalue weighted by Gasteiger charge is -2.30. The molecule has 5 atom stereocenters. The van der Waals surface area contributed by atoms with E-state index in [1.165, 1.54) is 21.5 Å². The molecule has 3 N–H and O–H groups in total. The van der Waals surface area contributed by atoms with Gasteiger partial charge in [0.25, 0.3) is 7.28 Å². The number of aromatic nitrogens is 4. The summed E-state index contributed by atoms with van der Waals surface area (Å²) in [6, 6.07) is 22.7. The molecule has 1 unspecified atom stereocenters. The average molecular weight is 835 g/mol. The van der Waals surface area contributed by atoms with Gasteiger partial charge in [-0.15, -0.1) is 0 Å². The lowest BCUT2D eigenvalue weighted by Crippen LogP contribution is -2.51. The van der Waals surface area contributed by atoms with Gasteiger partial charge in [-0.1, -0.05) is 69.3 Å². The molecule has 15 heteroatoms. The topological polar surface area (TPSA) is 172 Å². The molecule has 0 aliphatic carbocycles. The molecular formula is C47H49BN7O7. The highest BCUT2D eigenvalue weighted by atomic mass is 16.5. The number of ether oxygens (including phenoxy) is 3. The van der Waals surface area contributed by atoms with E-state index < -0.39 is 23.8 Å². The number of methoxy groups -OCH3 is 2. The van der Waals surface area contributed by atoms with Crippen molar-refractivity contribution in [2.45, 2.75) is 70.6 Å². The summed E-state index contributed by atoms with van der Waals surface area (Å²) in [5.74, 6) is 0.664. The van der Waals surface area contributed by atoms with Crippen LogP contribution in [0.1, 0.15) is 80.7 Å². The van der Waals surface area contributed by atoms with Crippen LogP contribution in [-0.2, 0) is 25.7 Å². The van der Waals surface area contributed by atoms with Crippen LogP contribution in [0.2, 0.25) is 0 Å². The Balaban J connectivity index is 0.963. The number of aromatic amines is 2. The second kappa shape index (κ2) is 16.7. The van der Waals surface area contributed by atoms with Crippen molar-refractivity contribution in [2.75, 3.05) is 27.3 Å². The summed E-state index contributed by atoms with van der Waals surface area (Å²) in [6.45, 7) is 7.42. The lowest BCUT2D eigenvalue weighted by atomic mass is 9.61. The van der Waals surface area contributed by atoms with Crippen LogP contribution in [0.3, 0.4) is 0 Å². The third-order valence-electron chi connectivity index (χ3n) is 12.6. The predicted octanol–water partition coefficient (Wildman–Crippen LogP) is 7.83. The van der Waals surface area contributed by atoms with Gasteiger partial charge in [-0.3, -0.25) is 14.4 Å². The third-order valence-corrected chi connectivity index (χ3v) is 12.6. The molecule has 0 saturated carbocycles. The Morgan fingerprint density at radius 1 is 0.903 bits per heavy atom. The molecule has 4 aromatic carbocycles. The molecular weight excluding hydrogens is 785 g/mol. The third kappa shape index (κ3) is 7.53. The summed E-state index contributed by atoms with van der Waals surface area (Å²) < 4.78 is 16.2. The summed E-state index contributed by atoms with van der Waals surface area (Å²) in [7, 11) is 3.95. The Hall–Kier alpha value is -6.64. The SMILES string of the molecule is COC(=O)[B][C@@H](C(=O)N1CCC[C@H]1c1nc2c(ccc3cc4c(cc32)OCc2cc(-c3cnc([C@@H]5CC(C)CN5C(=O)[C@@H](NC(=O)OC)C(C)C)[nH]3)ccc2-4)[nH]1)c1ccccc1. The molecule has 0 bridgehead atoms. The quantitative estimate of drug-likeness (QED) is 0.116. The molecule has 9 rings (SSSR count). The molecule has 5 heterocycles. The van der Waals surface area contributed by atoms with Crippen molar-refractivity contribution in [3.05, 3.63) is 102 Å². The first-order chi connectivity index (χ1) is 30.0. The van der Waals surface area contributed by atoms with E-state index in [-0.39, 0.29) is 35.7 Å². The van der Waals surface area contributed by atoms with Crippen molar-refractivity contribution in [2.24, 2.45) is 11.8 Å². The number of fused-ring (bicyclic) bond motifs is 6. The van der Waals surface area contributed by atoms with E-state index in [1.807, 2.05) is 66.2 Å². The number of hydrogen-bond donors (Lipinski definition) is 3. The van der Waals surface area contributed by atoms with Crippen molar-refractivity contribution in [1.29, 1.82) is 0 Å². The number of nitrogens with one attached hydrogen (secondary N) is 3. The summed E-state index contributed by atoms with van der Waals surface area (Å²) in [5, 5.41) is 4.68. The number of likely N-dealkylation sites (tertiary alicyclic amines) is 2. The van der Waals surface area contributed by atoms with Gasteiger partial charge in [0.05, 0.1) is 49.2 Å². The maximum Gasteiger partial charge on any atom is 0.407 e. The number of benzene rings is 4. The number of nitrogens with zero attached hydrogens (tertiary/aromatic N) is 4. The number of amides is 3. The van der Waals surface area contributed by atoms with Gasteiger partial charge < -0.3 is 39.3 Å². The Morgan fingerprint density at radius 3 is 2.50 bits per heavy atom. The van der Waals surface area contributed by atoms with Gasteiger partial charge in [0.1, 0.15) is 30.0 Å². The first kappa shape index (κ1) is 40.8. The Bertz CT molecular complexity index is 2700. The van der Waals surface area contributed by atoms with Crippen LogP contribution in [0.25, 0.3) is 44.2 Å². The van der Waals surface area contributed by atoms with Crippen LogP contribution in [0, 0.1) is 11.8 Å². The highest BCUT2D eigenvalue weighted by molar-refractivity contribution is 6.75. The van der Waals surface area contributed by atoms with Crippen molar-refractivity contribution in [3.63, 3.8) is 0 Å². The van der Waals surface area contributed by atoms with Gasteiger partial charge in [-0.25, -0.2) is 14.8 Å². The molecule has 14 nitrogen and oxygen atoms in total. The minimum atomic E-state index is -0.778. The monoisotopic (exact) mass is 834 g/mol. The molecule has 6 aromatic rings. The minimum absolute atomic E-state index is 0.128. The lowest BCUT2D eigenvalue weighted by molar-refractivity contribution is -0.135. The van der Waals surface area contributed by atoms with Crippen LogP contribution in [0.4, 0.5) is 9.59 Å². The second-order valence-electron chi connectivity index (χ2n) is 17.0. The number of imidazole rings is 2. The number of carbonyl (C=O) groups is 4. The smallest absolute Gasteiger partial charge is 0.407 e. The zero-order chi connectivity index (χ0) is 43.2. The molecule has 62 heavy (non-hydrogen) atoms. The van der Waals surface area contributed by atoms with Gasteiger partial charge in [0.2, 0.25) is 17.7 Å². The zero-order valence-electron chi connectivity index (χ0n) is 35.4. The van der Waals surface area contributed by atoms with E-state index in [0.717, 1.165) is 80.3 Å².